The Morgan fingerprint density at radius 2 is 1.69 bits per heavy atom. The standard InChI is InChI=1S/C14H28N2/c1-3-15-13-7-9-14(10-8-13)16(4-2)11-12-5-6-12/h12-15H,3-11H2,1-2H3. The molecule has 0 spiro atoms. The van der Waals surface area contributed by atoms with Crippen LogP contribution in [0, 0.1) is 5.92 Å². The van der Waals surface area contributed by atoms with Crippen LogP contribution in [0.5, 0.6) is 0 Å². The molecule has 94 valence electrons. The Balaban J connectivity index is 1.72. The molecule has 0 amide bonds. The molecule has 2 heteroatoms. The molecule has 0 aromatic heterocycles. The van der Waals surface area contributed by atoms with E-state index in [0.717, 1.165) is 24.5 Å². The van der Waals surface area contributed by atoms with Gasteiger partial charge in [-0.25, -0.2) is 0 Å². The zero-order valence-corrected chi connectivity index (χ0v) is 11.0. The van der Waals surface area contributed by atoms with E-state index in [1.807, 2.05) is 0 Å². The first-order valence-electron chi connectivity index (χ1n) is 7.30. The fraction of sp³-hybridized carbons (Fsp3) is 1.00. The predicted octanol–water partition coefficient (Wildman–Crippen LogP) is 2.64. The number of nitrogens with one attached hydrogen (secondary N) is 1. The quantitative estimate of drug-likeness (QED) is 0.746. The van der Waals surface area contributed by atoms with Crippen LogP contribution < -0.4 is 5.32 Å². The monoisotopic (exact) mass is 224 g/mol. The number of hydrogen-bond donors (Lipinski definition) is 1. The van der Waals surface area contributed by atoms with Gasteiger partial charge in [-0.1, -0.05) is 13.8 Å². The lowest BCUT2D eigenvalue weighted by atomic mass is 9.90. The summed E-state index contributed by atoms with van der Waals surface area (Å²) in [5.74, 6) is 1.05. The maximum Gasteiger partial charge on any atom is 0.00964 e. The highest BCUT2D eigenvalue weighted by atomic mass is 15.2. The Bertz CT molecular complexity index is 193. The molecule has 2 saturated carbocycles. The number of nitrogens with zero attached hydrogens (tertiary/aromatic N) is 1. The molecule has 0 unspecified atom stereocenters. The summed E-state index contributed by atoms with van der Waals surface area (Å²) in [5, 5.41) is 3.60. The Hall–Kier alpha value is -0.0800. The van der Waals surface area contributed by atoms with Crippen LogP contribution in [0.1, 0.15) is 52.4 Å². The fourth-order valence-corrected chi connectivity index (χ4v) is 3.10. The van der Waals surface area contributed by atoms with Crippen LogP contribution >= 0.6 is 0 Å². The molecule has 16 heavy (non-hydrogen) atoms. The molecule has 2 aliphatic rings. The molecule has 0 bridgehead atoms. The third kappa shape index (κ3) is 3.46. The highest BCUT2D eigenvalue weighted by Gasteiger charge is 2.29. The van der Waals surface area contributed by atoms with Gasteiger partial charge in [0, 0.05) is 18.6 Å². The van der Waals surface area contributed by atoms with Gasteiger partial charge in [0.05, 0.1) is 0 Å². The molecule has 0 aromatic rings. The summed E-state index contributed by atoms with van der Waals surface area (Å²) < 4.78 is 0. The van der Waals surface area contributed by atoms with Crippen molar-refractivity contribution in [3.63, 3.8) is 0 Å². The predicted molar refractivity (Wildman–Crippen MR) is 69.7 cm³/mol. The van der Waals surface area contributed by atoms with E-state index in [-0.39, 0.29) is 0 Å². The maximum absolute atomic E-state index is 3.60. The first-order valence-corrected chi connectivity index (χ1v) is 7.30. The zero-order valence-electron chi connectivity index (χ0n) is 11.0. The van der Waals surface area contributed by atoms with Gasteiger partial charge in [0.15, 0.2) is 0 Å². The number of rotatable bonds is 6. The minimum absolute atomic E-state index is 0.806. The summed E-state index contributed by atoms with van der Waals surface area (Å²) in [4.78, 5) is 2.75. The minimum Gasteiger partial charge on any atom is -0.314 e. The van der Waals surface area contributed by atoms with Crippen molar-refractivity contribution in [3.05, 3.63) is 0 Å². The summed E-state index contributed by atoms with van der Waals surface area (Å²) in [5.41, 5.74) is 0. The third-order valence-electron chi connectivity index (χ3n) is 4.30. The van der Waals surface area contributed by atoms with Crippen molar-refractivity contribution in [1.29, 1.82) is 0 Å². The van der Waals surface area contributed by atoms with Crippen LogP contribution in [0.4, 0.5) is 0 Å². The van der Waals surface area contributed by atoms with E-state index >= 15 is 0 Å². The van der Waals surface area contributed by atoms with Crippen molar-refractivity contribution in [1.82, 2.24) is 10.2 Å². The van der Waals surface area contributed by atoms with Gasteiger partial charge in [0.1, 0.15) is 0 Å². The van der Waals surface area contributed by atoms with Crippen LogP contribution in [0.15, 0.2) is 0 Å². The molecule has 0 atom stereocenters. The molecule has 0 aliphatic heterocycles. The van der Waals surface area contributed by atoms with Gasteiger partial charge in [-0.15, -0.1) is 0 Å². The van der Waals surface area contributed by atoms with Gasteiger partial charge >= 0.3 is 0 Å². The lowest BCUT2D eigenvalue weighted by molar-refractivity contribution is 0.145. The lowest BCUT2D eigenvalue weighted by Gasteiger charge is -2.36. The van der Waals surface area contributed by atoms with Crippen LogP contribution in [-0.2, 0) is 0 Å². The Morgan fingerprint density at radius 1 is 1.00 bits per heavy atom. The SMILES string of the molecule is CCNC1CCC(N(CC)CC2CC2)CC1. The smallest absolute Gasteiger partial charge is 0.00964 e. The summed E-state index contributed by atoms with van der Waals surface area (Å²) in [7, 11) is 0. The topological polar surface area (TPSA) is 15.3 Å². The van der Waals surface area contributed by atoms with E-state index in [9.17, 15) is 0 Å². The summed E-state index contributed by atoms with van der Waals surface area (Å²) in [6.45, 7) is 8.32. The van der Waals surface area contributed by atoms with Crippen molar-refractivity contribution in [3.8, 4) is 0 Å². The zero-order chi connectivity index (χ0) is 11.4. The molecular formula is C14H28N2. The Kier molecular flexibility index (Phi) is 4.66. The first kappa shape index (κ1) is 12.4. The van der Waals surface area contributed by atoms with E-state index in [1.54, 1.807) is 0 Å². The summed E-state index contributed by atoms with van der Waals surface area (Å²) in [6, 6.07) is 1.70. The highest BCUT2D eigenvalue weighted by Crippen LogP contribution is 2.32. The Labute approximate surface area is 101 Å². The van der Waals surface area contributed by atoms with Crippen LogP contribution in [-0.4, -0.2) is 36.6 Å². The normalized spacial score (nSPS) is 30.9. The van der Waals surface area contributed by atoms with Crippen molar-refractivity contribution in [2.45, 2.75) is 64.5 Å². The summed E-state index contributed by atoms with van der Waals surface area (Å²) in [6.07, 6.45) is 8.59. The van der Waals surface area contributed by atoms with Gasteiger partial charge in [-0.2, -0.15) is 0 Å². The molecule has 2 aliphatic carbocycles. The van der Waals surface area contributed by atoms with Crippen molar-refractivity contribution < 1.29 is 0 Å². The van der Waals surface area contributed by atoms with Crippen molar-refractivity contribution >= 4 is 0 Å². The van der Waals surface area contributed by atoms with Crippen molar-refractivity contribution in [2.75, 3.05) is 19.6 Å². The highest BCUT2D eigenvalue weighted by molar-refractivity contribution is 4.85. The fourth-order valence-electron chi connectivity index (χ4n) is 3.10. The molecular weight excluding hydrogens is 196 g/mol. The van der Waals surface area contributed by atoms with Gasteiger partial charge in [-0.05, 0) is 57.5 Å². The van der Waals surface area contributed by atoms with E-state index in [1.165, 1.54) is 51.6 Å². The second-order valence-electron chi connectivity index (χ2n) is 5.59. The minimum atomic E-state index is 0.806. The average molecular weight is 224 g/mol. The molecule has 1 N–H and O–H groups in total. The molecule has 2 fully saturated rings. The third-order valence-corrected chi connectivity index (χ3v) is 4.30. The molecule has 0 heterocycles. The lowest BCUT2D eigenvalue weighted by Crippen LogP contribution is -2.43. The van der Waals surface area contributed by atoms with Crippen LogP contribution in [0.2, 0.25) is 0 Å². The molecule has 0 aromatic carbocycles. The molecule has 0 radical (unpaired) electrons. The molecule has 2 rings (SSSR count). The average Bonchev–Trinajstić information content (AvgIpc) is 3.11. The second-order valence-corrected chi connectivity index (χ2v) is 5.59. The van der Waals surface area contributed by atoms with Crippen LogP contribution in [0.25, 0.3) is 0 Å². The van der Waals surface area contributed by atoms with Crippen molar-refractivity contribution in [2.24, 2.45) is 5.92 Å². The van der Waals surface area contributed by atoms with Gasteiger partial charge in [0.25, 0.3) is 0 Å². The van der Waals surface area contributed by atoms with Gasteiger partial charge in [0.2, 0.25) is 0 Å². The van der Waals surface area contributed by atoms with Gasteiger partial charge in [-0.3, -0.25) is 0 Å². The van der Waals surface area contributed by atoms with E-state index in [2.05, 4.69) is 24.1 Å². The maximum atomic E-state index is 3.60. The Morgan fingerprint density at radius 3 is 2.19 bits per heavy atom. The van der Waals surface area contributed by atoms with Gasteiger partial charge < -0.3 is 10.2 Å². The number of hydrogen-bond acceptors (Lipinski definition) is 2. The van der Waals surface area contributed by atoms with E-state index in [4.69, 9.17) is 0 Å². The van der Waals surface area contributed by atoms with Crippen LogP contribution in [0.3, 0.4) is 0 Å². The van der Waals surface area contributed by atoms with E-state index < -0.39 is 0 Å². The largest absolute Gasteiger partial charge is 0.314 e. The molecule has 0 saturated heterocycles. The summed E-state index contributed by atoms with van der Waals surface area (Å²) >= 11 is 0. The second kappa shape index (κ2) is 6.02. The van der Waals surface area contributed by atoms with E-state index in [0.29, 0.717) is 0 Å². The first-order chi connectivity index (χ1) is 7.83. The molecule has 2 nitrogen and oxygen atoms in total.